The summed E-state index contributed by atoms with van der Waals surface area (Å²) in [6.07, 6.45) is 5.34. The van der Waals surface area contributed by atoms with Crippen molar-refractivity contribution in [3.63, 3.8) is 0 Å². The molecule has 0 atom stereocenters. The van der Waals surface area contributed by atoms with Gasteiger partial charge in [-0.05, 0) is 32.0 Å². The molecular formula is C11H17NOS. The van der Waals surface area contributed by atoms with Crippen molar-refractivity contribution in [2.24, 2.45) is 0 Å². The topological polar surface area (TPSA) is 21.3 Å². The van der Waals surface area contributed by atoms with E-state index in [0.29, 0.717) is 0 Å². The zero-order valence-electron chi connectivity index (χ0n) is 8.75. The molecule has 1 rings (SSSR count). The number of rotatable bonds is 6. The Balaban J connectivity index is 2.18. The van der Waals surface area contributed by atoms with Crippen molar-refractivity contribution in [1.82, 2.24) is 5.32 Å². The molecule has 1 heterocycles. The van der Waals surface area contributed by atoms with E-state index in [9.17, 15) is 0 Å². The summed E-state index contributed by atoms with van der Waals surface area (Å²) in [6.45, 7) is 4.01. The molecule has 0 fully saturated rings. The van der Waals surface area contributed by atoms with Crippen LogP contribution in [0.5, 0.6) is 5.06 Å². The third kappa shape index (κ3) is 3.94. The van der Waals surface area contributed by atoms with E-state index in [4.69, 9.17) is 4.74 Å². The van der Waals surface area contributed by atoms with Crippen molar-refractivity contribution in [2.45, 2.75) is 19.9 Å². The fraction of sp³-hybridized carbons (Fsp3) is 0.455. The highest BCUT2D eigenvalue weighted by Gasteiger charge is 1.97. The van der Waals surface area contributed by atoms with Gasteiger partial charge < -0.3 is 10.1 Å². The quantitative estimate of drug-likeness (QED) is 0.577. The summed E-state index contributed by atoms with van der Waals surface area (Å²) in [5.41, 5.74) is 0. The number of hydrogen-bond donors (Lipinski definition) is 1. The van der Waals surface area contributed by atoms with E-state index in [0.717, 1.165) is 24.6 Å². The summed E-state index contributed by atoms with van der Waals surface area (Å²) in [7, 11) is 1.70. The third-order valence-corrected chi connectivity index (χ3v) is 2.91. The van der Waals surface area contributed by atoms with E-state index in [1.165, 1.54) is 4.88 Å². The second-order valence-electron chi connectivity index (χ2n) is 2.96. The van der Waals surface area contributed by atoms with Crippen molar-refractivity contribution < 1.29 is 4.74 Å². The average Bonchev–Trinajstić information content (AvgIpc) is 2.65. The van der Waals surface area contributed by atoms with Crippen LogP contribution < -0.4 is 10.1 Å². The van der Waals surface area contributed by atoms with Crippen LogP contribution >= 0.6 is 11.3 Å². The van der Waals surface area contributed by atoms with Crippen LogP contribution in [0.2, 0.25) is 0 Å². The number of ether oxygens (including phenoxy) is 1. The summed E-state index contributed by atoms with van der Waals surface area (Å²) in [5, 5.41) is 4.36. The first-order valence-electron chi connectivity index (χ1n) is 4.81. The predicted molar refractivity (Wildman–Crippen MR) is 62.0 cm³/mol. The van der Waals surface area contributed by atoms with Gasteiger partial charge in [0.15, 0.2) is 5.06 Å². The molecule has 0 saturated heterocycles. The number of nitrogens with one attached hydrogen (secondary N) is 1. The minimum absolute atomic E-state index is 0.936. The molecule has 0 aromatic carbocycles. The predicted octanol–water partition coefficient (Wildman–Crippen LogP) is 2.81. The molecule has 0 saturated carbocycles. The van der Waals surface area contributed by atoms with Crippen molar-refractivity contribution in [3.05, 3.63) is 29.2 Å². The molecule has 1 aromatic rings. The van der Waals surface area contributed by atoms with Gasteiger partial charge in [0, 0.05) is 11.4 Å². The first kappa shape index (κ1) is 11.3. The summed E-state index contributed by atoms with van der Waals surface area (Å²) in [6, 6.07) is 4.11. The standard InChI is InChI=1S/C11H17NOS/c1-3-4-5-8-12-9-10-6-7-11(13-2)14-10/h3-4,6-7,12H,5,8-9H2,1-2H3/b4-3+. The van der Waals surface area contributed by atoms with E-state index >= 15 is 0 Å². The number of methoxy groups -OCH3 is 1. The first-order chi connectivity index (χ1) is 6.86. The molecule has 1 aromatic heterocycles. The van der Waals surface area contributed by atoms with Gasteiger partial charge in [0.2, 0.25) is 0 Å². The zero-order chi connectivity index (χ0) is 10.2. The monoisotopic (exact) mass is 211 g/mol. The lowest BCUT2D eigenvalue weighted by Gasteiger charge is -1.99. The van der Waals surface area contributed by atoms with Crippen LogP contribution in [0.1, 0.15) is 18.2 Å². The lowest BCUT2D eigenvalue weighted by Crippen LogP contribution is -2.12. The van der Waals surface area contributed by atoms with Gasteiger partial charge in [-0.3, -0.25) is 0 Å². The van der Waals surface area contributed by atoms with Gasteiger partial charge in [-0.25, -0.2) is 0 Å². The maximum absolute atomic E-state index is 5.12. The Morgan fingerprint density at radius 2 is 2.36 bits per heavy atom. The lowest BCUT2D eigenvalue weighted by atomic mass is 10.3. The van der Waals surface area contributed by atoms with Crippen molar-refractivity contribution in [3.8, 4) is 5.06 Å². The fourth-order valence-corrected chi connectivity index (χ4v) is 1.91. The Hall–Kier alpha value is -0.800. The highest BCUT2D eigenvalue weighted by molar-refractivity contribution is 7.13. The molecule has 0 unspecified atom stereocenters. The maximum Gasteiger partial charge on any atom is 0.173 e. The molecule has 0 radical (unpaired) electrons. The zero-order valence-corrected chi connectivity index (χ0v) is 9.56. The Kier molecular flexibility index (Phi) is 5.33. The summed E-state index contributed by atoms with van der Waals surface area (Å²) in [5.74, 6) is 0. The molecule has 0 aliphatic heterocycles. The minimum Gasteiger partial charge on any atom is -0.487 e. The van der Waals surface area contributed by atoms with Gasteiger partial charge in [0.05, 0.1) is 7.11 Å². The van der Waals surface area contributed by atoms with Gasteiger partial charge in [-0.1, -0.05) is 12.2 Å². The van der Waals surface area contributed by atoms with E-state index in [-0.39, 0.29) is 0 Å². The van der Waals surface area contributed by atoms with Gasteiger partial charge in [0.25, 0.3) is 0 Å². The second kappa shape index (κ2) is 6.62. The molecule has 0 aliphatic rings. The molecule has 0 spiro atoms. The average molecular weight is 211 g/mol. The van der Waals surface area contributed by atoms with Gasteiger partial charge in [-0.15, -0.1) is 11.3 Å². The van der Waals surface area contributed by atoms with Crippen LogP contribution in [0, 0.1) is 0 Å². The lowest BCUT2D eigenvalue weighted by molar-refractivity contribution is 0.427. The molecule has 0 amide bonds. The molecule has 0 bridgehead atoms. The summed E-state index contributed by atoms with van der Waals surface area (Å²) >= 11 is 1.69. The number of thiophene rings is 1. The molecule has 2 nitrogen and oxygen atoms in total. The smallest absolute Gasteiger partial charge is 0.173 e. The summed E-state index contributed by atoms with van der Waals surface area (Å²) < 4.78 is 5.12. The SMILES string of the molecule is C/C=C/CCNCc1ccc(OC)s1. The Morgan fingerprint density at radius 3 is 3.00 bits per heavy atom. The van der Waals surface area contributed by atoms with Crippen LogP contribution in [0.15, 0.2) is 24.3 Å². The molecule has 14 heavy (non-hydrogen) atoms. The highest BCUT2D eigenvalue weighted by Crippen LogP contribution is 2.23. The Labute approximate surface area is 89.6 Å². The highest BCUT2D eigenvalue weighted by atomic mass is 32.1. The largest absolute Gasteiger partial charge is 0.487 e. The van der Waals surface area contributed by atoms with Crippen molar-refractivity contribution in [1.29, 1.82) is 0 Å². The molecule has 3 heteroatoms. The minimum atomic E-state index is 0.936. The maximum atomic E-state index is 5.12. The summed E-state index contributed by atoms with van der Waals surface area (Å²) in [4.78, 5) is 1.32. The van der Waals surface area contributed by atoms with E-state index in [1.807, 2.05) is 13.0 Å². The van der Waals surface area contributed by atoms with Gasteiger partial charge >= 0.3 is 0 Å². The van der Waals surface area contributed by atoms with E-state index < -0.39 is 0 Å². The van der Waals surface area contributed by atoms with Crippen LogP contribution in [-0.2, 0) is 6.54 Å². The Bertz CT molecular complexity index is 281. The van der Waals surface area contributed by atoms with E-state index in [2.05, 4.69) is 23.5 Å². The molecular weight excluding hydrogens is 194 g/mol. The van der Waals surface area contributed by atoms with Crippen LogP contribution in [0.3, 0.4) is 0 Å². The van der Waals surface area contributed by atoms with E-state index in [1.54, 1.807) is 18.4 Å². The van der Waals surface area contributed by atoms with Crippen LogP contribution in [0.4, 0.5) is 0 Å². The molecule has 1 N–H and O–H groups in total. The Morgan fingerprint density at radius 1 is 1.50 bits per heavy atom. The van der Waals surface area contributed by atoms with Crippen molar-refractivity contribution >= 4 is 11.3 Å². The molecule has 0 aliphatic carbocycles. The van der Waals surface area contributed by atoms with Crippen LogP contribution in [-0.4, -0.2) is 13.7 Å². The fourth-order valence-electron chi connectivity index (χ4n) is 1.13. The van der Waals surface area contributed by atoms with Gasteiger partial charge in [0.1, 0.15) is 0 Å². The number of hydrogen-bond acceptors (Lipinski definition) is 3. The van der Waals surface area contributed by atoms with Crippen LogP contribution in [0.25, 0.3) is 0 Å². The van der Waals surface area contributed by atoms with Gasteiger partial charge in [-0.2, -0.15) is 0 Å². The molecule has 78 valence electrons. The number of allylic oxidation sites excluding steroid dienone is 1. The second-order valence-corrected chi connectivity index (χ2v) is 4.09. The third-order valence-electron chi connectivity index (χ3n) is 1.86. The first-order valence-corrected chi connectivity index (χ1v) is 5.63. The normalized spacial score (nSPS) is 11.0. The van der Waals surface area contributed by atoms with Crippen molar-refractivity contribution in [2.75, 3.05) is 13.7 Å².